The number of rotatable bonds is 8. The Hall–Kier alpha value is -2.90. The summed E-state index contributed by atoms with van der Waals surface area (Å²) in [4.78, 5) is 27.7. The number of ketones is 1. The highest BCUT2D eigenvalue weighted by atomic mass is 31.1. The number of hydrogen-bond acceptors (Lipinski definition) is 3. The topological polar surface area (TPSA) is 51.2 Å². The molecule has 0 aliphatic carbocycles. The van der Waals surface area contributed by atoms with E-state index in [1.54, 1.807) is 0 Å². The zero-order valence-corrected chi connectivity index (χ0v) is 23.0. The molecular formula is C31H36O3P+. The van der Waals surface area contributed by atoms with Crippen molar-refractivity contribution >= 4 is 24.4 Å². The van der Waals surface area contributed by atoms with Crippen molar-refractivity contribution in [2.75, 3.05) is 0 Å². The van der Waals surface area contributed by atoms with Crippen molar-refractivity contribution in [3.05, 3.63) is 99.1 Å². The van der Waals surface area contributed by atoms with Gasteiger partial charge in [0.15, 0.2) is 5.78 Å². The van der Waals surface area contributed by atoms with Crippen LogP contribution in [-0.2, 0) is 4.57 Å². The maximum atomic E-state index is 14.2. The van der Waals surface area contributed by atoms with Gasteiger partial charge in [-0.15, -0.1) is 0 Å². The summed E-state index contributed by atoms with van der Waals surface area (Å²) in [7, 11) is -2.43. The molecule has 3 nitrogen and oxygen atoms in total. The summed E-state index contributed by atoms with van der Waals surface area (Å²) >= 11 is 0. The Labute approximate surface area is 210 Å². The number of carbonyl (C=O) groups excluding carboxylic acids is 2. The van der Waals surface area contributed by atoms with E-state index >= 15 is 0 Å². The molecule has 35 heavy (non-hydrogen) atoms. The molecule has 0 aliphatic heterocycles. The van der Waals surface area contributed by atoms with Crippen LogP contribution in [-0.4, -0.2) is 11.3 Å². The molecule has 0 bridgehead atoms. The molecule has 0 aromatic heterocycles. The Balaban J connectivity index is 2.40. The van der Waals surface area contributed by atoms with Gasteiger partial charge in [-0.25, -0.2) is 4.79 Å². The van der Waals surface area contributed by atoms with E-state index in [0.29, 0.717) is 22.0 Å². The lowest BCUT2D eigenvalue weighted by molar-refractivity contribution is 0.103. The van der Waals surface area contributed by atoms with Crippen molar-refractivity contribution in [1.29, 1.82) is 0 Å². The summed E-state index contributed by atoms with van der Waals surface area (Å²) in [6.45, 7) is 16.0. The van der Waals surface area contributed by atoms with Crippen LogP contribution in [0.1, 0.15) is 113 Å². The van der Waals surface area contributed by atoms with Gasteiger partial charge in [0.1, 0.15) is 0 Å². The summed E-state index contributed by atoms with van der Waals surface area (Å²) in [6.07, 6.45) is 0. The summed E-state index contributed by atoms with van der Waals surface area (Å²) in [5.41, 5.74) is 5.55. The van der Waals surface area contributed by atoms with Crippen molar-refractivity contribution < 1.29 is 14.2 Å². The Bertz CT molecular complexity index is 1260. The Morgan fingerprint density at radius 1 is 0.686 bits per heavy atom. The molecule has 0 saturated carbocycles. The molecule has 0 amide bonds. The monoisotopic (exact) mass is 487 g/mol. The van der Waals surface area contributed by atoms with E-state index in [1.807, 2.05) is 82.3 Å². The molecule has 0 fully saturated rings. The molecule has 0 N–H and O–H groups in total. The van der Waals surface area contributed by atoms with Crippen LogP contribution in [0.4, 0.5) is 0 Å². The third kappa shape index (κ3) is 5.21. The highest BCUT2D eigenvalue weighted by Gasteiger charge is 2.42. The Kier molecular flexibility index (Phi) is 8.23. The van der Waals surface area contributed by atoms with E-state index < -0.39 is 7.80 Å². The second-order valence-electron chi connectivity index (χ2n) is 10.2. The van der Waals surface area contributed by atoms with Gasteiger partial charge < -0.3 is 0 Å². The van der Waals surface area contributed by atoms with Crippen LogP contribution in [0.15, 0.2) is 54.6 Å². The molecule has 3 aromatic rings. The van der Waals surface area contributed by atoms with Gasteiger partial charge in [0.2, 0.25) is 5.30 Å². The van der Waals surface area contributed by atoms with Gasteiger partial charge in [-0.05, 0) is 54.4 Å². The van der Waals surface area contributed by atoms with Gasteiger partial charge in [0, 0.05) is 22.3 Å². The quantitative estimate of drug-likeness (QED) is 0.238. The lowest BCUT2D eigenvalue weighted by Gasteiger charge is -2.22. The average molecular weight is 488 g/mol. The van der Waals surface area contributed by atoms with E-state index in [2.05, 4.69) is 27.7 Å². The molecule has 1 atom stereocenters. The first-order valence-electron chi connectivity index (χ1n) is 12.4. The van der Waals surface area contributed by atoms with Crippen molar-refractivity contribution in [3.8, 4) is 0 Å². The van der Waals surface area contributed by atoms with Crippen LogP contribution in [0.25, 0.3) is 0 Å². The molecule has 3 rings (SSSR count). The molecule has 3 aromatic carbocycles. The van der Waals surface area contributed by atoms with Gasteiger partial charge in [-0.3, -0.25) is 4.79 Å². The van der Waals surface area contributed by atoms with Gasteiger partial charge >= 0.3 is 13.3 Å². The SMILES string of the molecule is Cc1cccc(C)c1C(=O)[P+](=O)c1c(C(C)C)cc(C(C)C)c(C(=O)c2ccccc2)c1C(C)C. The van der Waals surface area contributed by atoms with Crippen molar-refractivity contribution in [3.63, 3.8) is 0 Å². The van der Waals surface area contributed by atoms with Crippen molar-refractivity contribution in [2.45, 2.75) is 73.1 Å². The largest absolute Gasteiger partial charge is 0.459 e. The maximum Gasteiger partial charge on any atom is 0.459 e. The Morgan fingerprint density at radius 3 is 1.71 bits per heavy atom. The first-order valence-corrected chi connectivity index (χ1v) is 13.6. The highest BCUT2D eigenvalue weighted by molar-refractivity contribution is 7.71. The summed E-state index contributed by atoms with van der Waals surface area (Å²) in [6, 6.07) is 16.9. The van der Waals surface area contributed by atoms with E-state index in [9.17, 15) is 14.2 Å². The fourth-order valence-electron chi connectivity index (χ4n) is 4.76. The normalized spacial score (nSPS) is 11.9. The zero-order chi connectivity index (χ0) is 26.0. The first-order chi connectivity index (χ1) is 16.5. The minimum Gasteiger partial charge on any atom is -0.289 e. The number of hydrogen-bond donors (Lipinski definition) is 0. The predicted molar refractivity (Wildman–Crippen MR) is 146 cm³/mol. The fraction of sp³-hybridized carbons (Fsp3) is 0.355. The van der Waals surface area contributed by atoms with Crippen molar-refractivity contribution in [1.82, 2.24) is 0 Å². The standard InChI is InChI=1S/C31H36O3P/c1-18(2)24-17-25(19(3)4)30(35(34)31(33)27-21(7)13-12-14-22(27)8)26(20(5)6)28(24)29(32)23-15-10-9-11-16-23/h9-20H,1-8H3/q+1. The second-order valence-corrected chi connectivity index (χ2v) is 11.7. The Morgan fingerprint density at radius 2 is 1.23 bits per heavy atom. The van der Waals surface area contributed by atoms with E-state index in [0.717, 1.165) is 27.8 Å². The summed E-state index contributed by atoms with van der Waals surface area (Å²) in [5.74, 6) is -0.0365. The molecule has 0 aliphatic rings. The third-order valence-corrected chi connectivity index (χ3v) is 8.06. The predicted octanol–water partition coefficient (Wildman–Crippen LogP) is 8.20. The van der Waals surface area contributed by atoms with Crippen LogP contribution in [0.3, 0.4) is 0 Å². The number of benzene rings is 3. The lowest BCUT2D eigenvalue weighted by Crippen LogP contribution is -2.25. The molecule has 1 unspecified atom stereocenters. The van der Waals surface area contributed by atoms with Crippen molar-refractivity contribution in [2.24, 2.45) is 0 Å². The van der Waals surface area contributed by atoms with Gasteiger partial charge in [-0.2, -0.15) is 0 Å². The molecule has 0 saturated heterocycles. The highest BCUT2D eigenvalue weighted by Crippen LogP contribution is 2.40. The summed E-state index contributed by atoms with van der Waals surface area (Å²) in [5, 5.41) is 0.543. The fourth-order valence-corrected chi connectivity index (χ4v) is 6.67. The summed E-state index contributed by atoms with van der Waals surface area (Å²) < 4.78 is 14.2. The van der Waals surface area contributed by atoms with Crippen LogP contribution >= 0.6 is 7.80 Å². The van der Waals surface area contributed by atoms with Gasteiger partial charge in [0.05, 0.1) is 5.56 Å². The number of aryl methyl sites for hydroxylation is 2. The molecule has 4 heteroatoms. The minimum atomic E-state index is -2.43. The third-order valence-electron chi connectivity index (χ3n) is 6.56. The molecule has 182 valence electrons. The molecule has 0 heterocycles. The van der Waals surface area contributed by atoms with Gasteiger partial charge in [0.25, 0.3) is 0 Å². The van der Waals surface area contributed by atoms with E-state index in [1.165, 1.54) is 0 Å². The smallest absolute Gasteiger partial charge is 0.289 e. The average Bonchev–Trinajstić information content (AvgIpc) is 2.81. The lowest BCUT2D eigenvalue weighted by atomic mass is 9.81. The van der Waals surface area contributed by atoms with E-state index in [4.69, 9.17) is 0 Å². The maximum absolute atomic E-state index is 14.2. The van der Waals surface area contributed by atoms with Crippen LogP contribution in [0, 0.1) is 13.8 Å². The van der Waals surface area contributed by atoms with Crippen LogP contribution < -0.4 is 5.30 Å². The second kappa shape index (κ2) is 10.8. The zero-order valence-electron chi connectivity index (χ0n) is 22.1. The van der Waals surface area contributed by atoms with Crippen LogP contribution in [0.5, 0.6) is 0 Å². The molecule has 0 radical (unpaired) electrons. The van der Waals surface area contributed by atoms with Gasteiger partial charge in [-0.1, -0.05) is 94.6 Å². The first kappa shape index (κ1) is 26.7. The van der Waals surface area contributed by atoms with E-state index in [-0.39, 0.29) is 29.1 Å². The molecule has 0 spiro atoms. The van der Waals surface area contributed by atoms with Crippen LogP contribution in [0.2, 0.25) is 0 Å². The molecular weight excluding hydrogens is 451 g/mol. The number of carbonyl (C=O) groups is 2. The minimum absolute atomic E-state index is 0.0468.